The number of anilines is 2. The van der Waals surface area contributed by atoms with Crippen LogP contribution in [0.5, 0.6) is 0 Å². The third-order valence-corrected chi connectivity index (χ3v) is 2.66. The molecule has 0 bridgehead atoms. The fraction of sp³-hybridized carbons (Fsp3) is 0.500. The fourth-order valence-electron chi connectivity index (χ4n) is 1.68. The molecular formula is C14H23N3O2. The highest BCUT2D eigenvalue weighted by atomic mass is 16.5. The van der Waals surface area contributed by atoms with Gasteiger partial charge in [-0.3, -0.25) is 0 Å². The van der Waals surface area contributed by atoms with Gasteiger partial charge in [0, 0.05) is 6.54 Å². The first-order valence-electron chi connectivity index (χ1n) is 6.49. The molecule has 0 aromatic heterocycles. The van der Waals surface area contributed by atoms with Gasteiger partial charge in [0.05, 0.1) is 23.5 Å². The van der Waals surface area contributed by atoms with E-state index in [0.717, 1.165) is 25.2 Å². The van der Waals surface area contributed by atoms with Gasteiger partial charge in [0.15, 0.2) is 0 Å². The van der Waals surface area contributed by atoms with E-state index in [0.29, 0.717) is 17.9 Å². The molecule has 0 radical (unpaired) electrons. The molecule has 1 aromatic rings. The maximum Gasteiger partial charge on any atom is 0.338 e. The smallest absolute Gasteiger partial charge is 0.338 e. The van der Waals surface area contributed by atoms with Crippen LogP contribution in [-0.2, 0) is 4.74 Å². The molecule has 1 aromatic carbocycles. The molecule has 0 saturated heterocycles. The van der Waals surface area contributed by atoms with Crippen LogP contribution >= 0.6 is 0 Å². The van der Waals surface area contributed by atoms with Gasteiger partial charge in [0.1, 0.15) is 0 Å². The lowest BCUT2D eigenvalue weighted by Crippen LogP contribution is -2.16. The molecule has 0 atom stereocenters. The molecule has 3 N–H and O–H groups in total. The van der Waals surface area contributed by atoms with Crippen molar-refractivity contribution in [2.75, 3.05) is 44.8 Å². The van der Waals surface area contributed by atoms with Gasteiger partial charge in [-0.25, -0.2) is 4.79 Å². The lowest BCUT2D eigenvalue weighted by Gasteiger charge is -2.12. The van der Waals surface area contributed by atoms with E-state index in [2.05, 4.69) is 10.2 Å². The van der Waals surface area contributed by atoms with E-state index >= 15 is 0 Å². The molecule has 0 aliphatic carbocycles. The van der Waals surface area contributed by atoms with Crippen LogP contribution in [0.25, 0.3) is 0 Å². The minimum atomic E-state index is -0.339. The average molecular weight is 265 g/mol. The number of nitrogens with two attached hydrogens (primary N) is 1. The molecule has 19 heavy (non-hydrogen) atoms. The van der Waals surface area contributed by atoms with Crippen LogP contribution in [0.4, 0.5) is 11.4 Å². The number of carbonyl (C=O) groups is 1. The zero-order chi connectivity index (χ0) is 14.3. The Kier molecular flexibility index (Phi) is 6.15. The Morgan fingerprint density at radius 2 is 2.16 bits per heavy atom. The summed E-state index contributed by atoms with van der Waals surface area (Å²) in [6, 6.07) is 5.19. The first kappa shape index (κ1) is 15.3. The van der Waals surface area contributed by atoms with Crippen LogP contribution < -0.4 is 11.1 Å². The lowest BCUT2D eigenvalue weighted by molar-refractivity contribution is 0.0526. The van der Waals surface area contributed by atoms with E-state index in [1.807, 2.05) is 20.2 Å². The number of nitrogens with zero attached hydrogens (tertiary/aromatic N) is 1. The van der Waals surface area contributed by atoms with Crippen molar-refractivity contribution < 1.29 is 9.53 Å². The Balaban J connectivity index is 2.55. The van der Waals surface area contributed by atoms with Crippen LogP contribution in [-0.4, -0.2) is 44.7 Å². The zero-order valence-electron chi connectivity index (χ0n) is 11.9. The van der Waals surface area contributed by atoms with E-state index in [1.165, 1.54) is 0 Å². The maximum atomic E-state index is 11.5. The summed E-state index contributed by atoms with van der Waals surface area (Å²) in [6.07, 6.45) is 1.03. The predicted octanol–water partition coefficient (Wildman–Crippen LogP) is 1.81. The molecule has 5 heteroatoms. The first-order valence-corrected chi connectivity index (χ1v) is 6.49. The van der Waals surface area contributed by atoms with E-state index in [-0.39, 0.29) is 5.97 Å². The normalized spacial score (nSPS) is 10.5. The van der Waals surface area contributed by atoms with Crippen molar-refractivity contribution in [2.24, 2.45) is 0 Å². The summed E-state index contributed by atoms with van der Waals surface area (Å²) in [4.78, 5) is 13.7. The standard InChI is InChI=1S/C14H23N3O2/c1-4-19-14(18)11-6-7-13(12(15)10-11)16-8-5-9-17(2)3/h6-7,10,16H,4-5,8-9,15H2,1-3H3. The quantitative estimate of drug-likeness (QED) is 0.447. The van der Waals surface area contributed by atoms with Gasteiger partial charge in [0.2, 0.25) is 0 Å². The maximum absolute atomic E-state index is 11.5. The zero-order valence-corrected chi connectivity index (χ0v) is 11.9. The second kappa shape index (κ2) is 7.63. The number of hydrogen-bond acceptors (Lipinski definition) is 5. The molecule has 106 valence electrons. The molecule has 0 aliphatic heterocycles. The third-order valence-electron chi connectivity index (χ3n) is 2.66. The monoisotopic (exact) mass is 265 g/mol. The molecule has 5 nitrogen and oxygen atoms in total. The van der Waals surface area contributed by atoms with Gasteiger partial charge in [-0.15, -0.1) is 0 Å². The van der Waals surface area contributed by atoms with Gasteiger partial charge in [-0.05, 0) is 52.2 Å². The Labute approximate surface area is 114 Å². The number of nitrogens with one attached hydrogen (secondary N) is 1. The summed E-state index contributed by atoms with van der Waals surface area (Å²) in [6.45, 7) is 4.01. The van der Waals surface area contributed by atoms with E-state index < -0.39 is 0 Å². The number of ether oxygens (including phenoxy) is 1. The molecule has 0 fully saturated rings. The van der Waals surface area contributed by atoms with Crippen molar-refractivity contribution >= 4 is 17.3 Å². The first-order chi connectivity index (χ1) is 9.04. The minimum Gasteiger partial charge on any atom is -0.462 e. The molecule has 0 saturated carbocycles. The fourth-order valence-corrected chi connectivity index (χ4v) is 1.68. The number of hydrogen-bond donors (Lipinski definition) is 2. The molecule has 1 rings (SSSR count). The lowest BCUT2D eigenvalue weighted by atomic mass is 10.1. The predicted molar refractivity (Wildman–Crippen MR) is 78.5 cm³/mol. The number of carbonyl (C=O) groups excluding carboxylic acids is 1. The van der Waals surface area contributed by atoms with Crippen LogP contribution in [0.1, 0.15) is 23.7 Å². The van der Waals surface area contributed by atoms with Gasteiger partial charge in [0.25, 0.3) is 0 Å². The SMILES string of the molecule is CCOC(=O)c1ccc(NCCCN(C)C)c(N)c1. The second-order valence-electron chi connectivity index (χ2n) is 4.61. The molecule has 0 unspecified atom stereocenters. The Hall–Kier alpha value is -1.75. The highest BCUT2D eigenvalue weighted by Gasteiger charge is 2.08. The summed E-state index contributed by atoms with van der Waals surface area (Å²) in [7, 11) is 4.09. The summed E-state index contributed by atoms with van der Waals surface area (Å²) >= 11 is 0. The number of benzene rings is 1. The van der Waals surface area contributed by atoms with Crippen molar-refractivity contribution in [3.05, 3.63) is 23.8 Å². The Morgan fingerprint density at radius 3 is 2.74 bits per heavy atom. The average Bonchev–Trinajstić information content (AvgIpc) is 2.36. The summed E-state index contributed by atoms with van der Waals surface area (Å²) in [5.74, 6) is -0.339. The van der Waals surface area contributed by atoms with Gasteiger partial charge in [-0.2, -0.15) is 0 Å². The van der Waals surface area contributed by atoms with Crippen molar-refractivity contribution in [2.45, 2.75) is 13.3 Å². The summed E-state index contributed by atoms with van der Waals surface area (Å²) in [5, 5.41) is 3.26. The van der Waals surface area contributed by atoms with Gasteiger partial charge < -0.3 is 20.7 Å². The third kappa shape index (κ3) is 5.18. The highest BCUT2D eigenvalue weighted by molar-refractivity contribution is 5.91. The summed E-state index contributed by atoms with van der Waals surface area (Å²) in [5.41, 5.74) is 7.82. The number of esters is 1. The Bertz CT molecular complexity index is 419. The van der Waals surface area contributed by atoms with E-state index in [1.54, 1.807) is 19.1 Å². The van der Waals surface area contributed by atoms with Crippen LogP contribution in [0, 0.1) is 0 Å². The molecule has 0 amide bonds. The highest BCUT2D eigenvalue weighted by Crippen LogP contribution is 2.20. The molecule has 0 heterocycles. The summed E-state index contributed by atoms with van der Waals surface area (Å²) < 4.78 is 4.93. The largest absolute Gasteiger partial charge is 0.462 e. The van der Waals surface area contributed by atoms with Crippen molar-refractivity contribution in [3.63, 3.8) is 0 Å². The molecular weight excluding hydrogens is 242 g/mol. The molecule has 0 aliphatic rings. The van der Waals surface area contributed by atoms with Crippen LogP contribution in [0.15, 0.2) is 18.2 Å². The van der Waals surface area contributed by atoms with Crippen molar-refractivity contribution in [1.82, 2.24) is 4.90 Å². The Morgan fingerprint density at radius 1 is 1.42 bits per heavy atom. The minimum absolute atomic E-state index is 0.339. The number of nitrogen functional groups attached to an aromatic ring is 1. The van der Waals surface area contributed by atoms with Crippen molar-refractivity contribution in [1.29, 1.82) is 0 Å². The number of rotatable bonds is 7. The topological polar surface area (TPSA) is 67.6 Å². The van der Waals surface area contributed by atoms with Gasteiger partial charge in [-0.1, -0.05) is 0 Å². The molecule has 0 spiro atoms. The van der Waals surface area contributed by atoms with Crippen LogP contribution in [0.3, 0.4) is 0 Å². The van der Waals surface area contributed by atoms with Crippen LogP contribution in [0.2, 0.25) is 0 Å². The second-order valence-corrected chi connectivity index (χ2v) is 4.61. The van der Waals surface area contributed by atoms with E-state index in [9.17, 15) is 4.79 Å². The van der Waals surface area contributed by atoms with Crippen molar-refractivity contribution in [3.8, 4) is 0 Å². The van der Waals surface area contributed by atoms with Gasteiger partial charge >= 0.3 is 5.97 Å². The van der Waals surface area contributed by atoms with E-state index in [4.69, 9.17) is 10.5 Å².